The Bertz CT molecular complexity index is 464. The van der Waals surface area contributed by atoms with Crippen molar-refractivity contribution in [1.82, 2.24) is 4.90 Å². The van der Waals surface area contributed by atoms with Crippen LogP contribution in [0, 0.1) is 12.8 Å². The summed E-state index contributed by atoms with van der Waals surface area (Å²) in [5.41, 5.74) is 10.5. The third-order valence-electron chi connectivity index (χ3n) is 4.77. The van der Waals surface area contributed by atoms with Crippen molar-refractivity contribution in [3.63, 3.8) is 0 Å². The van der Waals surface area contributed by atoms with Gasteiger partial charge in [-0.2, -0.15) is 0 Å². The summed E-state index contributed by atoms with van der Waals surface area (Å²) >= 11 is 0. The smallest absolute Gasteiger partial charge is 0.0657 e. The summed E-state index contributed by atoms with van der Waals surface area (Å²) in [6.07, 6.45) is 3.94. The fraction of sp³-hybridized carbons (Fsp3) is 0.667. The van der Waals surface area contributed by atoms with Gasteiger partial charge in [0.15, 0.2) is 0 Å². The van der Waals surface area contributed by atoms with Gasteiger partial charge in [-0.1, -0.05) is 31.4 Å². The fourth-order valence-electron chi connectivity index (χ4n) is 3.18. The minimum absolute atomic E-state index is 0.0369. The van der Waals surface area contributed by atoms with Gasteiger partial charge in [-0.25, -0.2) is 0 Å². The summed E-state index contributed by atoms with van der Waals surface area (Å²) in [7, 11) is 5.62. The second kappa shape index (κ2) is 6.98. The molecule has 1 atom stereocenters. The first-order chi connectivity index (χ1) is 9.93. The van der Waals surface area contributed by atoms with Crippen LogP contribution in [0.1, 0.15) is 37.0 Å². The molecule has 2 radical (unpaired) electrons. The third kappa shape index (κ3) is 4.59. The Labute approximate surface area is 131 Å². The Morgan fingerprint density at radius 3 is 2.67 bits per heavy atom. The van der Waals surface area contributed by atoms with Gasteiger partial charge in [0.2, 0.25) is 0 Å². The van der Waals surface area contributed by atoms with E-state index in [-0.39, 0.29) is 5.54 Å². The van der Waals surface area contributed by atoms with E-state index in [1.165, 1.54) is 36.2 Å². The minimum Gasteiger partial charge on any atom is -0.324 e. The van der Waals surface area contributed by atoms with E-state index in [0.29, 0.717) is 0 Å². The van der Waals surface area contributed by atoms with Crippen molar-refractivity contribution in [3.8, 4) is 0 Å². The first-order valence-corrected chi connectivity index (χ1v) is 8.23. The number of likely N-dealkylation sites (tertiary alicyclic amines) is 1. The fourth-order valence-corrected chi connectivity index (χ4v) is 3.18. The van der Waals surface area contributed by atoms with Crippen LogP contribution in [-0.2, 0) is 12.8 Å². The zero-order valence-electron chi connectivity index (χ0n) is 13.9. The van der Waals surface area contributed by atoms with Gasteiger partial charge in [0.25, 0.3) is 0 Å². The molecular formula is C18H29BN2. The average molecular weight is 284 g/mol. The van der Waals surface area contributed by atoms with Crippen LogP contribution in [0.15, 0.2) is 18.2 Å². The summed E-state index contributed by atoms with van der Waals surface area (Å²) in [4.78, 5) is 2.49. The van der Waals surface area contributed by atoms with Gasteiger partial charge in [-0.05, 0) is 55.7 Å². The highest BCUT2D eigenvalue weighted by Gasteiger charge is 2.31. The van der Waals surface area contributed by atoms with E-state index in [2.05, 4.69) is 43.9 Å². The van der Waals surface area contributed by atoms with Crippen LogP contribution in [0.4, 0.5) is 0 Å². The van der Waals surface area contributed by atoms with Crippen LogP contribution in [0.5, 0.6) is 0 Å². The highest BCUT2D eigenvalue weighted by molar-refractivity contribution is 6.08. The second-order valence-corrected chi connectivity index (χ2v) is 7.07. The molecular weight excluding hydrogens is 255 g/mol. The number of hydrogen-bond donors (Lipinski definition) is 1. The molecule has 2 nitrogen and oxygen atoms in total. The topological polar surface area (TPSA) is 29.3 Å². The van der Waals surface area contributed by atoms with Gasteiger partial charge < -0.3 is 10.6 Å². The molecule has 1 aromatic rings. The van der Waals surface area contributed by atoms with Crippen LogP contribution in [0.3, 0.4) is 0 Å². The molecule has 21 heavy (non-hydrogen) atoms. The molecule has 3 heteroatoms. The number of rotatable bonds is 7. The monoisotopic (exact) mass is 284 g/mol. The Morgan fingerprint density at radius 1 is 1.38 bits per heavy atom. The molecule has 1 heterocycles. The third-order valence-corrected chi connectivity index (χ3v) is 4.77. The van der Waals surface area contributed by atoms with Crippen molar-refractivity contribution in [2.45, 2.75) is 51.9 Å². The summed E-state index contributed by atoms with van der Waals surface area (Å²) in [5, 5.41) is 0. The van der Waals surface area contributed by atoms with Gasteiger partial charge >= 0.3 is 0 Å². The number of nitrogens with two attached hydrogens (primary N) is 1. The Hall–Kier alpha value is -0.795. The van der Waals surface area contributed by atoms with Gasteiger partial charge in [0.1, 0.15) is 0 Å². The molecule has 2 rings (SSSR count). The van der Waals surface area contributed by atoms with E-state index in [9.17, 15) is 0 Å². The average Bonchev–Trinajstić information content (AvgIpc) is 2.39. The van der Waals surface area contributed by atoms with Gasteiger partial charge in [-0.3, -0.25) is 0 Å². The van der Waals surface area contributed by atoms with E-state index in [1.54, 1.807) is 0 Å². The molecule has 0 spiro atoms. The van der Waals surface area contributed by atoms with Crippen molar-refractivity contribution in [2.24, 2.45) is 11.7 Å². The van der Waals surface area contributed by atoms with E-state index in [0.717, 1.165) is 31.6 Å². The second-order valence-electron chi connectivity index (χ2n) is 7.07. The maximum atomic E-state index is 6.24. The minimum atomic E-state index is -0.0369. The van der Waals surface area contributed by atoms with Crippen molar-refractivity contribution in [2.75, 3.05) is 19.6 Å². The van der Waals surface area contributed by atoms with Gasteiger partial charge in [-0.15, -0.1) is 0 Å². The molecule has 1 unspecified atom stereocenters. The van der Waals surface area contributed by atoms with Crippen LogP contribution >= 0.6 is 0 Å². The number of nitrogens with zero attached hydrogens (tertiary/aromatic N) is 1. The highest BCUT2D eigenvalue weighted by Crippen LogP contribution is 2.24. The van der Waals surface area contributed by atoms with Crippen LogP contribution < -0.4 is 5.73 Å². The van der Waals surface area contributed by atoms with Gasteiger partial charge in [0.05, 0.1) is 7.85 Å². The Balaban J connectivity index is 1.82. The molecule has 1 saturated heterocycles. The standard InChI is InChI=1S/C18H29BN2/c1-4-18(3,20)13-21-11-16(12-21)10-17-6-5-15(7-8-19)9-14(17)2/h5-6,9,16H,4,7-8,10-13,20H2,1-3H3. The van der Waals surface area contributed by atoms with Crippen molar-refractivity contribution >= 4 is 7.85 Å². The summed E-state index contributed by atoms with van der Waals surface area (Å²) in [6.45, 7) is 9.95. The summed E-state index contributed by atoms with van der Waals surface area (Å²) in [6, 6.07) is 6.83. The molecule has 1 aliphatic rings. The lowest BCUT2D eigenvalue weighted by molar-refractivity contribution is 0.0757. The molecule has 114 valence electrons. The Kier molecular flexibility index (Phi) is 5.51. The number of hydrogen-bond acceptors (Lipinski definition) is 2. The number of aryl methyl sites for hydroxylation is 2. The molecule has 0 aliphatic carbocycles. The molecule has 0 amide bonds. The SMILES string of the molecule is [B]CCc1ccc(CC2CN(CC(C)(N)CC)C2)c(C)c1. The zero-order valence-corrected chi connectivity index (χ0v) is 13.9. The summed E-state index contributed by atoms with van der Waals surface area (Å²) < 4.78 is 0. The molecule has 0 bridgehead atoms. The predicted molar refractivity (Wildman–Crippen MR) is 92.0 cm³/mol. The Morgan fingerprint density at radius 2 is 2.10 bits per heavy atom. The lowest BCUT2D eigenvalue weighted by atomic mass is 9.87. The van der Waals surface area contributed by atoms with E-state index in [1.807, 2.05) is 0 Å². The van der Waals surface area contributed by atoms with E-state index in [4.69, 9.17) is 13.6 Å². The highest BCUT2D eigenvalue weighted by atomic mass is 15.2. The zero-order chi connectivity index (χ0) is 15.5. The first kappa shape index (κ1) is 16.6. The number of benzene rings is 1. The van der Waals surface area contributed by atoms with Gasteiger partial charge in [0, 0.05) is 25.2 Å². The van der Waals surface area contributed by atoms with Crippen LogP contribution in [0.25, 0.3) is 0 Å². The lowest BCUT2D eigenvalue weighted by Gasteiger charge is -2.43. The molecule has 2 N–H and O–H groups in total. The molecule has 0 saturated carbocycles. The van der Waals surface area contributed by atoms with Crippen LogP contribution in [-0.4, -0.2) is 37.9 Å². The van der Waals surface area contributed by atoms with Crippen molar-refractivity contribution < 1.29 is 0 Å². The maximum absolute atomic E-state index is 6.24. The molecule has 1 fully saturated rings. The largest absolute Gasteiger partial charge is 0.324 e. The van der Waals surface area contributed by atoms with Crippen molar-refractivity contribution in [3.05, 3.63) is 34.9 Å². The molecule has 1 aromatic carbocycles. The normalized spacial score (nSPS) is 19.2. The maximum Gasteiger partial charge on any atom is 0.0657 e. The molecule has 0 aromatic heterocycles. The van der Waals surface area contributed by atoms with E-state index >= 15 is 0 Å². The van der Waals surface area contributed by atoms with Crippen molar-refractivity contribution in [1.29, 1.82) is 0 Å². The van der Waals surface area contributed by atoms with E-state index < -0.39 is 0 Å². The summed E-state index contributed by atoms with van der Waals surface area (Å²) in [5.74, 6) is 0.789. The quantitative estimate of drug-likeness (QED) is 0.780. The van der Waals surface area contributed by atoms with Crippen LogP contribution in [0.2, 0.25) is 6.32 Å². The lowest BCUT2D eigenvalue weighted by Crippen LogP contribution is -2.56. The predicted octanol–water partition coefficient (Wildman–Crippen LogP) is 2.73. The first-order valence-electron chi connectivity index (χ1n) is 8.23. The molecule has 1 aliphatic heterocycles.